The van der Waals surface area contributed by atoms with Crippen LogP contribution in [-0.4, -0.2) is 35.5 Å². The Kier molecular flexibility index (Phi) is 8.82. The molecule has 2 aromatic rings. The number of hydrogen-bond donors (Lipinski definition) is 1. The molecule has 1 fully saturated rings. The van der Waals surface area contributed by atoms with E-state index in [1.165, 1.54) is 12.8 Å². The molecule has 30 heavy (non-hydrogen) atoms. The van der Waals surface area contributed by atoms with Crippen LogP contribution in [0.25, 0.3) is 0 Å². The van der Waals surface area contributed by atoms with Gasteiger partial charge in [-0.1, -0.05) is 62.2 Å². The lowest BCUT2D eigenvalue weighted by atomic mass is 9.99. The van der Waals surface area contributed by atoms with Gasteiger partial charge in [0.05, 0.1) is 0 Å². The number of hydrogen-bond acceptors (Lipinski definition) is 5. The highest BCUT2D eigenvalue weighted by Gasteiger charge is 2.18. The molecular weight excluding hydrogens is 416 g/mol. The largest absolute Gasteiger partial charge is 0.356 e. The lowest BCUT2D eigenvalue weighted by Gasteiger charge is -2.31. The molecule has 1 aromatic heterocycles. The summed E-state index contributed by atoms with van der Waals surface area (Å²) in [6.45, 7) is 7.21. The summed E-state index contributed by atoms with van der Waals surface area (Å²) in [6.07, 6.45) is 5.68. The Bertz CT molecular complexity index is 822. The van der Waals surface area contributed by atoms with Gasteiger partial charge in [0.15, 0.2) is 5.16 Å². The van der Waals surface area contributed by atoms with E-state index in [1.54, 1.807) is 11.8 Å². The van der Waals surface area contributed by atoms with Crippen molar-refractivity contribution in [1.82, 2.24) is 15.3 Å². The first kappa shape index (κ1) is 22.9. The second-order valence-corrected chi connectivity index (χ2v) is 9.28. The molecule has 0 unspecified atom stereocenters. The minimum absolute atomic E-state index is 0.0102. The van der Waals surface area contributed by atoms with Crippen molar-refractivity contribution in [3.8, 4) is 0 Å². The van der Waals surface area contributed by atoms with Gasteiger partial charge in [-0.05, 0) is 42.9 Å². The first-order chi connectivity index (χ1) is 14.5. The van der Waals surface area contributed by atoms with Crippen LogP contribution in [-0.2, 0) is 5.75 Å². The van der Waals surface area contributed by atoms with Crippen molar-refractivity contribution in [2.24, 2.45) is 5.92 Å². The molecule has 1 aliphatic rings. The number of halogens is 1. The number of amides is 1. The van der Waals surface area contributed by atoms with Crippen molar-refractivity contribution in [3.63, 3.8) is 0 Å². The fraction of sp³-hybridized carbons (Fsp3) is 0.522. The number of carbonyl (C=O) groups excluding carboxylic acids is 1. The van der Waals surface area contributed by atoms with Crippen LogP contribution in [0.5, 0.6) is 0 Å². The van der Waals surface area contributed by atoms with E-state index < -0.39 is 0 Å². The lowest BCUT2D eigenvalue weighted by molar-refractivity contribution is 0.0953. The number of unbranched alkanes of at least 4 members (excludes halogenated alkanes) is 2. The van der Waals surface area contributed by atoms with E-state index in [4.69, 9.17) is 16.6 Å². The van der Waals surface area contributed by atoms with E-state index in [-0.39, 0.29) is 5.91 Å². The van der Waals surface area contributed by atoms with E-state index in [0.29, 0.717) is 15.9 Å². The van der Waals surface area contributed by atoms with Crippen molar-refractivity contribution in [2.45, 2.75) is 56.9 Å². The van der Waals surface area contributed by atoms with Gasteiger partial charge >= 0.3 is 0 Å². The minimum Gasteiger partial charge on any atom is -0.356 e. The van der Waals surface area contributed by atoms with Crippen LogP contribution in [0.2, 0.25) is 5.15 Å². The average Bonchev–Trinajstić information content (AvgIpc) is 2.75. The summed E-state index contributed by atoms with van der Waals surface area (Å²) in [4.78, 5) is 23.6. The van der Waals surface area contributed by atoms with Crippen molar-refractivity contribution in [2.75, 3.05) is 24.5 Å². The summed E-state index contributed by atoms with van der Waals surface area (Å²) in [6, 6.07) is 9.60. The first-order valence-corrected chi connectivity index (χ1v) is 12.2. The molecule has 5 nitrogen and oxygen atoms in total. The average molecular weight is 447 g/mol. The van der Waals surface area contributed by atoms with Crippen molar-refractivity contribution in [1.29, 1.82) is 0 Å². The molecule has 0 atom stereocenters. The van der Waals surface area contributed by atoms with Crippen LogP contribution in [0.15, 0.2) is 35.5 Å². The maximum absolute atomic E-state index is 12.2. The summed E-state index contributed by atoms with van der Waals surface area (Å²) in [7, 11) is 0. The number of nitrogens with one attached hydrogen (secondary N) is 1. The van der Waals surface area contributed by atoms with E-state index in [1.807, 2.05) is 30.3 Å². The summed E-state index contributed by atoms with van der Waals surface area (Å²) in [5.74, 6) is 2.41. The van der Waals surface area contributed by atoms with E-state index in [9.17, 15) is 4.79 Å². The van der Waals surface area contributed by atoms with Crippen molar-refractivity contribution >= 4 is 35.1 Å². The monoisotopic (exact) mass is 446 g/mol. The Balaban J connectivity index is 1.54. The number of aromatic nitrogens is 2. The Hall–Kier alpha value is -1.79. The summed E-state index contributed by atoms with van der Waals surface area (Å²) >= 11 is 7.83. The molecule has 1 saturated heterocycles. The highest BCUT2D eigenvalue weighted by Crippen LogP contribution is 2.27. The second kappa shape index (κ2) is 11.6. The highest BCUT2D eigenvalue weighted by molar-refractivity contribution is 7.98. The third-order valence-electron chi connectivity index (χ3n) is 5.42. The zero-order valence-electron chi connectivity index (χ0n) is 17.9. The number of rotatable bonds is 9. The summed E-state index contributed by atoms with van der Waals surface area (Å²) in [5.41, 5.74) is 1.82. The fourth-order valence-electron chi connectivity index (χ4n) is 3.43. The third kappa shape index (κ3) is 6.88. The Morgan fingerprint density at radius 3 is 2.63 bits per heavy atom. The van der Waals surface area contributed by atoms with Gasteiger partial charge < -0.3 is 10.2 Å². The molecule has 0 radical (unpaired) electrons. The van der Waals surface area contributed by atoms with E-state index in [2.05, 4.69) is 29.0 Å². The molecule has 1 amide bonds. The van der Waals surface area contributed by atoms with Crippen LogP contribution in [0.3, 0.4) is 0 Å². The topological polar surface area (TPSA) is 58.1 Å². The zero-order valence-corrected chi connectivity index (χ0v) is 19.4. The molecule has 0 spiro atoms. The van der Waals surface area contributed by atoms with Crippen LogP contribution in [0, 0.1) is 5.92 Å². The number of benzene rings is 1. The van der Waals surface area contributed by atoms with Gasteiger partial charge in [-0.15, -0.1) is 0 Å². The first-order valence-electron chi connectivity index (χ1n) is 10.8. The van der Waals surface area contributed by atoms with Gasteiger partial charge in [-0.3, -0.25) is 4.79 Å². The quantitative estimate of drug-likeness (QED) is 0.236. The number of nitrogens with zero attached hydrogens (tertiary/aromatic N) is 3. The van der Waals surface area contributed by atoms with Gasteiger partial charge in [0.1, 0.15) is 11.0 Å². The van der Waals surface area contributed by atoms with Gasteiger partial charge in [-0.2, -0.15) is 0 Å². The summed E-state index contributed by atoms with van der Waals surface area (Å²) in [5, 5.41) is 4.15. The Labute approximate surface area is 189 Å². The van der Waals surface area contributed by atoms with Crippen LogP contribution < -0.4 is 10.2 Å². The Morgan fingerprint density at radius 2 is 1.93 bits per heavy atom. The molecule has 0 saturated carbocycles. The predicted octanol–water partition coefficient (Wildman–Crippen LogP) is 5.58. The molecule has 2 heterocycles. The van der Waals surface area contributed by atoms with Gasteiger partial charge in [0, 0.05) is 37.0 Å². The van der Waals surface area contributed by atoms with Gasteiger partial charge in [-0.25, -0.2) is 9.97 Å². The molecule has 1 aromatic carbocycles. The van der Waals surface area contributed by atoms with Crippen molar-refractivity contribution < 1.29 is 4.79 Å². The normalized spacial score (nSPS) is 14.7. The molecule has 1 N–H and O–H groups in total. The molecule has 0 aliphatic carbocycles. The standard InChI is InChI=1S/C23H31ClN4OS/c1-3-4-5-12-25-22(29)19-8-6-18(7-9-19)16-30-23-26-20(24)15-21(27-23)28-13-10-17(2)11-14-28/h6-9,15,17H,3-5,10-14,16H2,1-2H3,(H,25,29). The van der Waals surface area contributed by atoms with Gasteiger partial charge in [0.2, 0.25) is 0 Å². The molecule has 7 heteroatoms. The molecule has 3 rings (SSSR count). The maximum Gasteiger partial charge on any atom is 0.251 e. The zero-order chi connectivity index (χ0) is 21.3. The lowest BCUT2D eigenvalue weighted by Crippen LogP contribution is -2.33. The van der Waals surface area contributed by atoms with E-state index in [0.717, 1.165) is 61.9 Å². The van der Waals surface area contributed by atoms with Crippen LogP contribution in [0.1, 0.15) is 61.9 Å². The number of anilines is 1. The maximum atomic E-state index is 12.2. The Morgan fingerprint density at radius 1 is 1.20 bits per heavy atom. The fourth-order valence-corrected chi connectivity index (χ4v) is 4.47. The predicted molar refractivity (Wildman–Crippen MR) is 126 cm³/mol. The smallest absolute Gasteiger partial charge is 0.251 e. The SMILES string of the molecule is CCCCCNC(=O)c1ccc(CSc2nc(Cl)cc(N3CCC(C)CC3)n2)cc1. The third-order valence-corrected chi connectivity index (χ3v) is 6.53. The van der Waals surface area contributed by atoms with Crippen LogP contribution >= 0.6 is 23.4 Å². The number of thioether (sulfide) groups is 1. The van der Waals surface area contributed by atoms with Crippen molar-refractivity contribution in [3.05, 3.63) is 46.6 Å². The summed E-state index contributed by atoms with van der Waals surface area (Å²) < 4.78 is 0. The molecule has 162 valence electrons. The van der Waals surface area contributed by atoms with Crippen LogP contribution in [0.4, 0.5) is 5.82 Å². The second-order valence-electron chi connectivity index (χ2n) is 7.95. The van der Waals surface area contributed by atoms with Gasteiger partial charge in [0.25, 0.3) is 5.91 Å². The minimum atomic E-state index is -0.0102. The molecular formula is C23H31ClN4OS. The number of piperidine rings is 1. The highest BCUT2D eigenvalue weighted by atomic mass is 35.5. The molecule has 1 aliphatic heterocycles. The van der Waals surface area contributed by atoms with E-state index >= 15 is 0 Å². The molecule has 0 bridgehead atoms. The number of carbonyl (C=O) groups is 1.